The zero-order chi connectivity index (χ0) is 29.6. The van der Waals surface area contributed by atoms with E-state index in [1.54, 1.807) is 0 Å². The lowest BCUT2D eigenvalue weighted by Gasteiger charge is -2.04. The number of nitrogens with two attached hydrogens (primary N) is 1. The third kappa shape index (κ3) is 44.4. The van der Waals surface area contributed by atoms with Crippen molar-refractivity contribution in [2.24, 2.45) is 0 Å². The Hall–Kier alpha value is -0.610. The fraction of sp³-hybridized carbons (Fsp3) is 0.972. The summed E-state index contributed by atoms with van der Waals surface area (Å²) in [6, 6.07) is 0. The van der Waals surface area contributed by atoms with Gasteiger partial charge in [0.15, 0.2) is 0 Å². The molecule has 0 aromatic carbocycles. The van der Waals surface area contributed by atoms with Crippen LogP contribution in [-0.2, 0) is 9.53 Å². The Morgan fingerprint density at radius 3 is 1.20 bits per heavy atom. The number of aliphatic carboxylic acids is 1. The van der Waals surface area contributed by atoms with Crippen LogP contribution in [0.25, 0.3) is 0 Å². The van der Waals surface area contributed by atoms with Gasteiger partial charge in [-0.1, -0.05) is 162 Å². The van der Waals surface area contributed by atoms with E-state index >= 15 is 0 Å². The van der Waals surface area contributed by atoms with Gasteiger partial charge in [0.05, 0.1) is 19.7 Å². The first kappa shape index (κ1) is 41.5. The lowest BCUT2D eigenvalue weighted by molar-refractivity contribution is -0.655. The van der Waals surface area contributed by atoms with Gasteiger partial charge < -0.3 is 20.0 Å². The molecule has 0 saturated carbocycles. The van der Waals surface area contributed by atoms with Crippen LogP contribution in [0.2, 0.25) is 0 Å². The molecule has 0 unspecified atom stereocenters. The molecule has 0 heterocycles. The molecule has 0 rings (SSSR count). The summed E-state index contributed by atoms with van der Waals surface area (Å²) in [6.07, 6.45) is 36.3. The van der Waals surface area contributed by atoms with Gasteiger partial charge in [-0.2, -0.15) is 0 Å². The quantitative estimate of drug-likeness (QED) is 0.0801. The van der Waals surface area contributed by atoms with E-state index in [2.05, 4.69) is 26.1 Å². The largest absolute Gasteiger partial charge is 0.550 e. The van der Waals surface area contributed by atoms with Gasteiger partial charge in [-0.05, 0) is 32.1 Å². The van der Waals surface area contributed by atoms with Gasteiger partial charge in [0.25, 0.3) is 0 Å². The Balaban J connectivity index is 0. The Kier molecular flexibility index (Phi) is 42.1. The number of carbonyl (C=O) groups is 1. The second kappa shape index (κ2) is 40.5. The van der Waals surface area contributed by atoms with E-state index in [0.29, 0.717) is 0 Å². The number of carboxylic acids is 1. The summed E-state index contributed by atoms with van der Waals surface area (Å²) in [7, 11) is 0. The predicted molar refractivity (Wildman–Crippen MR) is 174 cm³/mol. The van der Waals surface area contributed by atoms with Gasteiger partial charge in [0.1, 0.15) is 0 Å². The summed E-state index contributed by atoms with van der Waals surface area (Å²) in [5.41, 5.74) is 0. The normalized spacial score (nSPS) is 11.0. The smallest absolute Gasteiger partial charge is 0.0777 e. The van der Waals surface area contributed by atoms with Gasteiger partial charge in [0.2, 0.25) is 0 Å². The first-order valence-electron chi connectivity index (χ1n) is 18.3. The molecule has 0 spiro atoms. The Morgan fingerprint density at radius 1 is 0.450 bits per heavy atom. The van der Waals surface area contributed by atoms with Crippen LogP contribution in [0.15, 0.2) is 0 Å². The van der Waals surface area contributed by atoms with E-state index < -0.39 is 5.97 Å². The molecule has 0 aliphatic carbocycles. The van der Waals surface area contributed by atoms with Gasteiger partial charge in [0, 0.05) is 19.0 Å². The van der Waals surface area contributed by atoms with Crippen molar-refractivity contribution in [3.05, 3.63) is 0 Å². The third-order valence-electron chi connectivity index (χ3n) is 7.84. The minimum Gasteiger partial charge on any atom is -0.550 e. The van der Waals surface area contributed by atoms with Crippen molar-refractivity contribution in [2.45, 2.75) is 201 Å². The fourth-order valence-electron chi connectivity index (χ4n) is 5.09. The van der Waals surface area contributed by atoms with Crippen molar-refractivity contribution in [3.8, 4) is 0 Å². The molecule has 0 bridgehead atoms. The van der Waals surface area contributed by atoms with E-state index in [1.807, 2.05) is 0 Å². The molecule has 0 amide bonds. The molecule has 0 atom stereocenters. The SMILES string of the molecule is CCCCCCCCCCCCCCCCCCCCCC(=O)[O-].CCCCCCOCCC[NH2+]CCCCC. The zero-order valence-corrected chi connectivity index (χ0v) is 27.9. The highest BCUT2D eigenvalue weighted by molar-refractivity contribution is 5.64. The minimum absolute atomic E-state index is 0.235. The highest BCUT2D eigenvalue weighted by Gasteiger charge is 1.96. The maximum Gasteiger partial charge on any atom is 0.0777 e. The maximum absolute atomic E-state index is 10.3. The first-order chi connectivity index (χ1) is 19.7. The van der Waals surface area contributed by atoms with E-state index in [9.17, 15) is 9.90 Å². The van der Waals surface area contributed by atoms with Crippen molar-refractivity contribution in [2.75, 3.05) is 26.3 Å². The number of unbranched alkanes of at least 4 members (excludes halogenated alkanes) is 23. The average Bonchev–Trinajstić information content (AvgIpc) is 2.95. The second-order valence-electron chi connectivity index (χ2n) is 12.1. The molecule has 0 aliphatic rings. The molecule has 40 heavy (non-hydrogen) atoms. The summed E-state index contributed by atoms with van der Waals surface area (Å²) >= 11 is 0. The highest BCUT2D eigenvalue weighted by Crippen LogP contribution is 2.14. The van der Waals surface area contributed by atoms with Gasteiger partial charge in [-0.15, -0.1) is 0 Å². The molecule has 0 fully saturated rings. The van der Waals surface area contributed by atoms with Gasteiger partial charge >= 0.3 is 0 Å². The number of ether oxygens (including phenoxy) is 1. The molecule has 0 radical (unpaired) electrons. The van der Waals surface area contributed by atoms with Crippen LogP contribution in [0.4, 0.5) is 0 Å². The van der Waals surface area contributed by atoms with E-state index in [1.165, 1.54) is 174 Å². The first-order valence-corrected chi connectivity index (χ1v) is 18.3. The van der Waals surface area contributed by atoms with E-state index in [4.69, 9.17) is 4.74 Å². The lowest BCUT2D eigenvalue weighted by atomic mass is 10.0. The van der Waals surface area contributed by atoms with Gasteiger partial charge in [-0.3, -0.25) is 0 Å². The topological polar surface area (TPSA) is 66.0 Å². The lowest BCUT2D eigenvalue weighted by Crippen LogP contribution is -2.84. The van der Waals surface area contributed by atoms with Crippen molar-refractivity contribution < 1.29 is 20.0 Å². The van der Waals surface area contributed by atoms with Crippen LogP contribution in [0.1, 0.15) is 201 Å². The van der Waals surface area contributed by atoms with Crippen LogP contribution >= 0.6 is 0 Å². The second-order valence-corrected chi connectivity index (χ2v) is 12.1. The van der Waals surface area contributed by atoms with Crippen molar-refractivity contribution >= 4 is 5.97 Å². The molecule has 242 valence electrons. The maximum atomic E-state index is 10.3. The monoisotopic (exact) mass is 570 g/mol. The summed E-state index contributed by atoms with van der Waals surface area (Å²) in [5.74, 6) is -0.901. The molecule has 0 aromatic heterocycles. The predicted octanol–water partition coefficient (Wildman–Crippen LogP) is 9.29. The fourth-order valence-corrected chi connectivity index (χ4v) is 5.09. The standard InChI is InChI=1S/C22H44O2.C14H31NO/c1-2-3-4-5-6-7-8-9-10-11-12-13-14-15-16-17-18-19-20-21-22(23)24;1-3-5-7-9-13-16-14-10-12-15-11-8-6-4-2/h2-21H2,1H3,(H,23,24);15H,3-14H2,1-2H3. The number of carbonyl (C=O) groups excluding carboxylic acids is 1. The molecular formula is C36H75NO3. The summed E-state index contributed by atoms with van der Waals surface area (Å²) in [5, 5.41) is 12.7. The third-order valence-corrected chi connectivity index (χ3v) is 7.84. The van der Waals surface area contributed by atoms with Crippen LogP contribution in [0.3, 0.4) is 0 Å². The summed E-state index contributed by atoms with van der Waals surface area (Å²) in [4.78, 5) is 10.3. The molecule has 4 heteroatoms. The molecular weight excluding hydrogens is 494 g/mol. The summed E-state index contributed by atoms with van der Waals surface area (Å²) in [6.45, 7) is 11.2. The van der Waals surface area contributed by atoms with Gasteiger partial charge in [-0.25, -0.2) is 0 Å². The van der Waals surface area contributed by atoms with Crippen molar-refractivity contribution in [1.82, 2.24) is 0 Å². The number of carboxylic acid groups (broad SMARTS) is 1. The molecule has 0 aliphatic heterocycles. The molecule has 4 nitrogen and oxygen atoms in total. The number of quaternary nitrogens is 1. The Bertz CT molecular complexity index is 430. The van der Waals surface area contributed by atoms with E-state index in [0.717, 1.165) is 26.1 Å². The van der Waals surface area contributed by atoms with Crippen molar-refractivity contribution in [3.63, 3.8) is 0 Å². The number of rotatable bonds is 33. The van der Waals surface area contributed by atoms with Crippen molar-refractivity contribution in [1.29, 1.82) is 0 Å². The van der Waals surface area contributed by atoms with Crippen LogP contribution < -0.4 is 10.4 Å². The highest BCUT2D eigenvalue weighted by atomic mass is 16.5. The Morgan fingerprint density at radius 2 is 0.775 bits per heavy atom. The van der Waals surface area contributed by atoms with Crippen LogP contribution in [-0.4, -0.2) is 32.3 Å². The van der Waals surface area contributed by atoms with Crippen LogP contribution in [0.5, 0.6) is 0 Å². The van der Waals surface area contributed by atoms with Crippen LogP contribution in [0, 0.1) is 0 Å². The molecule has 0 saturated heterocycles. The number of hydrogen-bond acceptors (Lipinski definition) is 3. The van der Waals surface area contributed by atoms with E-state index in [-0.39, 0.29) is 6.42 Å². The Labute approximate surface area is 252 Å². The molecule has 2 N–H and O–H groups in total. The number of hydrogen-bond donors (Lipinski definition) is 1. The molecule has 0 aromatic rings. The zero-order valence-electron chi connectivity index (χ0n) is 27.9. The average molecular weight is 570 g/mol. The minimum atomic E-state index is -0.901. The summed E-state index contributed by atoms with van der Waals surface area (Å²) < 4.78 is 5.59.